The summed E-state index contributed by atoms with van der Waals surface area (Å²) in [6.07, 6.45) is 0. The summed E-state index contributed by atoms with van der Waals surface area (Å²) in [5, 5.41) is 10.9. The molecule has 0 spiro atoms. The highest BCUT2D eigenvalue weighted by molar-refractivity contribution is 5.91. The molecule has 1 heterocycles. The molecule has 0 radical (unpaired) electrons. The van der Waals surface area contributed by atoms with Crippen molar-refractivity contribution in [1.29, 1.82) is 0 Å². The van der Waals surface area contributed by atoms with Gasteiger partial charge in [0.25, 0.3) is 5.69 Å². The third-order valence-electron chi connectivity index (χ3n) is 2.70. The van der Waals surface area contributed by atoms with Crippen molar-refractivity contribution in [3.8, 4) is 0 Å². The quantitative estimate of drug-likeness (QED) is 0.459. The van der Waals surface area contributed by atoms with Gasteiger partial charge < -0.3 is 9.30 Å². The largest absolute Gasteiger partial charge is 0.461 e. The lowest BCUT2D eigenvalue weighted by atomic mass is 10.2. The minimum Gasteiger partial charge on any atom is -0.461 e. The number of rotatable bonds is 4. The summed E-state index contributed by atoms with van der Waals surface area (Å²) in [4.78, 5) is 22.3. The number of esters is 1. The Balaban J connectivity index is 3.44. The number of carbonyl (C=O) groups is 1. The molecule has 0 bridgehead atoms. The average molecular weight is 240 g/mol. The van der Waals surface area contributed by atoms with Crippen LogP contribution in [-0.2, 0) is 11.3 Å². The van der Waals surface area contributed by atoms with Crippen LogP contribution in [0.1, 0.15) is 35.6 Å². The van der Waals surface area contributed by atoms with Crippen molar-refractivity contribution in [3.05, 3.63) is 27.1 Å². The van der Waals surface area contributed by atoms with Gasteiger partial charge in [0, 0.05) is 6.54 Å². The van der Waals surface area contributed by atoms with Crippen molar-refractivity contribution in [1.82, 2.24) is 4.57 Å². The maximum Gasteiger partial charge on any atom is 0.355 e. The lowest BCUT2D eigenvalue weighted by Gasteiger charge is -2.07. The monoisotopic (exact) mass is 240 g/mol. The minimum absolute atomic E-state index is 0.00472. The zero-order valence-corrected chi connectivity index (χ0v) is 10.4. The summed E-state index contributed by atoms with van der Waals surface area (Å²) in [5.74, 6) is -0.511. The first-order valence-electron chi connectivity index (χ1n) is 5.46. The molecule has 94 valence electrons. The third-order valence-corrected chi connectivity index (χ3v) is 2.70. The maximum absolute atomic E-state index is 11.8. The van der Waals surface area contributed by atoms with Gasteiger partial charge in [0.1, 0.15) is 5.69 Å². The molecule has 6 heteroatoms. The second kappa shape index (κ2) is 4.99. The number of nitrogens with zero attached hydrogens (tertiary/aromatic N) is 2. The fourth-order valence-electron chi connectivity index (χ4n) is 2.01. The first-order chi connectivity index (χ1) is 7.95. The highest BCUT2D eigenvalue weighted by atomic mass is 16.6. The molecule has 0 atom stereocenters. The molecule has 0 aliphatic heterocycles. The molecule has 0 aliphatic rings. The molecular weight excluding hydrogens is 224 g/mol. The van der Waals surface area contributed by atoms with Crippen LogP contribution in [0.4, 0.5) is 5.69 Å². The molecule has 0 saturated heterocycles. The molecule has 1 rings (SSSR count). The molecule has 0 unspecified atom stereocenters. The Labute approximate surface area is 99.3 Å². The van der Waals surface area contributed by atoms with Crippen LogP contribution in [0, 0.1) is 24.0 Å². The Kier molecular flexibility index (Phi) is 3.88. The second-order valence-electron chi connectivity index (χ2n) is 3.63. The van der Waals surface area contributed by atoms with Gasteiger partial charge in [-0.1, -0.05) is 0 Å². The van der Waals surface area contributed by atoms with E-state index in [9.17, 15) is 14.9 Å². The van der Waals surface area contributed by atoms with Crippen molar-refractivity contribution < 1.29 is 14.5 Å². The number of ether oxygens (including phenoxy) is 1. The number of hydrogen-bond donors (Lipinski definition) is 0. The highest BCUT2D eigenvalue weighted by Gasteiger charge is 2.29. The fraction of sp³-hybridized carbons (Fsp3) is 0.545. The molecule has 0 amide bonds. The van der Waals surface area contributed by atoms with Crippen molar-refractivity contribution >= 4 is 11.7 Å². The van der Waals surface area contributed by atoms with Gasteiger partial charge in [-0.05, 0) is 27.7 Å². The van der Waals surface area contributed by atoms with E-state index in [4.69, 9.17) is 4.74 Å². The van der Waals surface area contributed by atoms with Crippen LogP contribution in [0.2, 0.25) is 0 Å². The first kappa shape index (κ1) is 13.2. The fourth-order valence-corrected chi connectivity index (χ4v) is 2.01. The number of nitro groups is 1. The van der Waals surface area contributed by atoms with Gasteiger partial charge in [0.2, 0.25) is 0 Å². The van der Waals surface area contributed by atoms with E-state index in [-0.39, 0.29) is 18.0 Å². The smallest absolute Gasteiger partial charge is 0.355 e. The molecule has 1 aromatic heterocycles. The van der Waals surface area contributed by atoms with E-state index in [1.807, 2.05) is 6.92 Å². The molecular formula is C11H16N2O4. The standard InChI is InChI=1S/C11H16N2O4/c1-5-12-8(4)9(13(15)16)7(3)10(12)11(14)17-6-2/h5-6H2,1-4H3. The predicted molar refractivity (Wildman–Crippen MR) is 62.2 cm³/mol. The molecule has 1 aromatic rings. The zero-order valence-electron chi connectivity index (χ0n) is 10.4. The van der Waals surface area contributed by atoms with Gasteiger partial charge in [0.05, 0.1) is 22.8 Å². The van der Waals surface area contributed by atoms with Crippen LogP contribution in [0.5, 0.6) is 0 Å². The lowest BCUT2D eigenvalue weighted by molar-refractivity contribution is -0.386. The zero-order chi connectivity index (χ0) is 13.2. The highest BCUT2D eigenvalue weighted by Crippen LogP contribution is 2.29. The van der Waals surface area contributed by atoms with Crippen LogP contribution in [0.3, 0.4) is 0 Å². The summed E-state index contributed by atoms with van der Waals surface area (Å²) in [6, 6.07) is 0. The summed E-state index contributed by atoms with van der Waals surface area (Å²) in [7, 11) is 0. The predicted octanol–water partition coefficient (Wildman–Crippen LogP) is 2.21. The SMILES string of the molecule is CCOC(=O)c1c(C)c([N+](=O)[O-])c(C)n1CC. The number of hydrogen-bond acceptors (Lipinski definition) is 4. The van der Waals surface area contributed by atoms with Crippen molar-refractivity contribution in [2.75, 3.05) is 6.61 Å². The van der Waals surface area contributed by atoms with Crippen molar-refractivity contribution in [2.24, 2.45) is 0 Å². The van der Waals surface area contributed by atoms with Crippen molar-refractivity contribution in [3.63, 3.8) is 0 Å². The van der Waals surface area contributed by atoms with E-state index in [0.29, 0.717) is 17.8 Å². The van der Waals surface area contributed by atoms with Crippen LogP contribution in [0.15, 0.2) is 0 Å². The topological polar surface area (TPSA) is 74.4 Å². The lowest BCUT2D eigenvalue weighted by Crippen LogP contribution is -2.13. The maximum atomic E-state index is 11.8. The Hall–Kier alpha value is -1.85. The Bertz CT molecular complexity index is 463. The van der Waals surface area contributed by atoms with Gasteiger partial charge >= 0.3 is 5.97 Å². The third kappa shape index (κ3) is 2.15. The molecule has 0 fully saturated rings. The Morgan fingerprint density at radius 3 is 2.41 bits per heavy atom. The van der Waals surface area contributed by atoms with Gasteiger partial charge in [-0.2, -0.15) is 0 Å². The van der Waals surface area contributed by atoms with E-state index in [1.54, 1.807) is 25.3 Å². The molecule has 0 aromatic carbocycles. The average Bonchev–Trinajstić information content (AvgIpc) is 2.49. The van der Waals surface area contributed by atoms with E-state index in [1.165, 1.54) is 0 Å². The number of aromatic nitrogens is 1. The molecule has 0 aliphatic carbocycles. The van der Waals surface area contributed by atoms with Crippen LogP contribution in [0.25, 0.3) is 0 Å². The molecule has 6 nitrogen and oxygen atoms in total. The Morgan fingerprint density at radius 2 is 2.00 bits per heavy atom. The summed E-state index contributed by atoms with van der Waals surface area (Å²) >= 11 is 0. The van der Waals surface area contributed by atoms with Gasteiger partial charge in [0.15, 0.2) is 0 Å². The van der Waals surface area contributed by atoms with E-state index < -0.39 is 10.9 Å². The summed E-state index contributed by atoms with van der Waals surface area (Å²) < 4.78 is 6.53. The Morgan fingerprint density at radius 1 is 1.41 bits per heavy atom. The normalized spacial score (nSPS) is 10.4. The van der Waals surface area contributed by atoms with Crippen molar-refractivity contribution in [2.45, 2.75) is 34.2 Å². The molecule has 0 saturated carbocycles. The first-order valence-corrected chi connectivity index (χ1v) is 5.46. The van der Waals surface area contributed by atoms with E-state index in [0.717, 1.165) is 0 Å². The van der Waals surface area contributed by atoms with Crippen LogP contribution >= 0.6 is 0 Å². The van der Waals surface area contributed by atoms with Gasteiger partial charge in [-0.15, -0.1) is 0 Å². The summed E-state index contributed by atoms with van der Waals surface area (Å²) in [6.45, 7) is 7.49. The summed E-state index contributed by atoms with van der Waals surface area (Å²) in [5.41, 5.74) is 1.12. The van der Waals surface area contributed by atoms with E-state index >= 15 is 0 Å². The van der Waals surface area contributed by atoms with Gasteiger partial charge in [-0.25, -0.2) is 4.79 Å². The van der Waals surface area contributed by atoms with E-state index in [2.05, 4.69) is 0 Å². The molecule has 17 heavy (non-hydrogen) atoms. The van der Waals surface area contributed by atoms with Crippen LogP contribution in [-0.4, -0.2) is 22.1 Å². The molecule has 0 N–H and O–H groups in total. The number of carbonyl (C=O) groups excluding carboxylic acids is 1. The minimum atomic E-state index is -0.511. The van der Waals surface area contributed by atoms with Crippen LogP contribution < -0.4 is 0 Å². The second-order valence-corrected chi connectivity index (χ2v) is 3.63. The van der Waals surface area contributed by atoms with Gasteiger partial charge in [-0.3, -0.25) is 10.1 Å².